The number of likely N-dealkylation sites (tertiary alicyclic amines) is 1. The highest BCUT2D eigenvalue weighted by molar-refractivity contribution is 5.76. The zero-order chi connectivity index (χ0) is 12.0. The van der Waals surface area contributed by atoms with Crippen LogP contribution in [-0.4, -0.2) is 47.7 Å². The quantitative estimate of drug-likeness (QED) is 0.631. The Morgan fingerprint density at radius 3 is 2.81 bits per heavy atom. The summed E-state index contributed by atoms with van der Waals surface area (Å²) in [4.78, 5) is 24.0. The minimum Gasteiger partial charge on any atom is -0.481 e. The van der Waals surface area contributed by atoms with Gasteiger partial charge in [-0.05, 0) is 19.3 Å². The Morgan fingerprint density at radius 1 is 1.44 bits per heavy atom. The highest BCUT2D eigenvalue weighted by Gasteiger charge is 2.27. The van der Waals surface area contributed by atoms with Crippen molar-refractivity contribution >= 4 is 12.0 Å². The summed E-state index contributed by atoms with van der Waals surface area (Å²) in [5.41, 5.74) is 5.29. The van der Waals surface area contributed by atoms with Gasteiger partial charge in [-0.2, -0.15) is 0 Å². The van der Waals surface area contributed by atoms with Gasteiger partial charge in [-0.1, -0.05) is 0 Å². The molecular formula is C10H19N3O3. The molecule has 1 aliphatic rings. The SMILES string of the molecule is NCCNC(=O)N1CCCCC1CC(=O)O. The molecule has 0 bridgehead atoms. The van der Waals surface area contributed by atoms with Gasteiger partial charge in [0.25, 0.3) is 0 Å². The number of hydrogen-bond donors (Lipinski definition) is 3. The van der Waals surface area contributed by atoms with E-state index in [2.05, 4.69) is 5.32 Å². The van der Waals surface area contributed by atoms with Crippen molar-refractivity contribution in [1.82, 2.24) is 10.2 Å². The Balaban J connectivity index is 2.51. The number of carbonyl (C=O) groups is 2. The van der Waals surface area contributed by atoms with Crippen LogP contribution in [0.2, 0.25) is 0 Å². The Morgan fingerprint density at radius 2 is 2.19 bits per heavy atom. The third kappa shape index (κ3) is 3.69. The summed E-state index contributed by atoms with van der Waals surface area (Å²) in [5.74, 6) is -0.858. The Kier molecular flexibility index (Phi) is 5.04. The number of nitrogens with one attached hydrogen (secondary N) is 1. The summed E-state index contributed by atoms with van der Waals surface area (Å²) < 4.78 is 0. The van der Waals surface area contributed by atoms with Crippen LogP contribution in [0.25, 0.3) is 0 Å². The van der Waals surface area contributed by atoms with E-state index in [1.54, 1.807) is 4.90 Å². The van der Waals surface area contributed by atoms with E-state index in [1.807, 2.05) is 0 Å². The highest BCUT2D eigenvalue weighted by atomic mass is 16.4. The van der Waals surface area contributed by atoms with Gasteiger partial charge >= 0.3 is 12.0 Å². The van der Waals surface area contributed by atoms with Crippen LogP contribution in [0, 0.1) is 0 Å². The van der Waals surface area contributed by atoms with Crippen LogP contribution in [0.5, 0.6) is 0 Å². The van der Waals surface area contributed by atoms with Crippen LogP contribution in [0.15, 0.2) is 0 Å². The Labute approximate surface area is 94.8 Å². The average Bonchev–Trinajstić information content (AvgIpc) is 2.26. The number of nitrogens with two attached hydrogens (primary N) is 1. The molecule has 6 heteroatoms. The molecule has 1 fully saturated rings. The van der Waals surface area contributed by atoms with Gasteiger partial charge in [0.1, 0.15) is 0 Å². The summed E-state index contributed by atoms with van der Waals surface area (Å²) >= 11 is 0. The zero-order valence-electron chi connectivity index (χ0n) is 9.32. The van der Waals surface area contributed by atoms with Gasteiger partial charge in [-0.15, -0.1) is 0 Å². The zero-order valence-corrected chi connectivity index (χ0v) is 9.32. The topological polar surface area (TPSA) is 95.7 Å². The number of carbonyl (C=O) groups excluding carboxylic acids is 1. The van der Waals surface area contributed by atoms with Crippen LogP contribution < -0.4 is 11.1 Å². The van der Waals surface area contributed by atoms with Gasteiger partial charge in [0.2, 0.25) is 0 Å². The van der Waals surface area contributed by atoms with Crippen LogP contribution in [0.4, 0.5) is 4.79 Å². The first-order valence-corrected chi connectivity index (χ1v) is 5.61. The molecule has 0 radical (unpaired) electrons. The molecule has 1 aliphatic heterocycles. The van der Waals surface area contributed by atoms with Crippen molar-refractivity contribution in [2.24, 2.45) is 5.73 Å². The summed E-state index contributed by atoms with van der Waals surface area (Å²) in [7, 11) is 0. The molecule has 1 saturated heterocycles. The first kappa shape index (κ1) is 12.8. The molecule has 1 atom stereocenters. The lowest BCUT2D eigenvalue weighted by atomic mass is 10.00. The molecule has 92 valence electrons. The second-order valence-corrected chi connectivity index (χ2v) is 3.96. The molecule has 1 heterocycles. The fraction of sp³-hybridized carbons (Fsp3) is 0.800. The van der Waals surface area contributed by atoms with Crippen LogP contribution in [0.3, 0.4) is 0 Å². The Hall–Kier alpha value is -1.30. The number of carboxylic acids is 1. The molecule has 0 aromatic rings. The Bertz CT molecular complexity index is 258. The van der Waals surface area contributed by atoms with E-state index in [-0.39, 0.29) is 18.5 Å². The molecule has 2 amide bonds. The summed E-state index contributed by atoms with van der Waals surface area (Å²) in [6, 6.07) is -0.375. The molecule has 16 heavy (non-hydrogen) atoms. The fourth-order valence-corrected chi connectivity index (χ4v) is 1.96. The van der Waals surface area contributed by atoms with Crippen molar-refractivity contribution in [1.29, 1.82) is 0 Å². The average molecular weight is 229 g/mol. The minimum absolute atomic E-state index is 0.0239. The lowest BCUT2D eigenvalue weighted by Gasteiger charge is -2.34. The summed E-state index contributed by atoms with van der Waals surface area (Å²) in [5, 5.41) is 11.4. The number of rotatable bonds is 4. The van der Waals surface area contributed by atoms with Crippen LogP contribution in [-0.2, 0) is 4.79 Å². The predicted octanol–water partition coefficient (Wildman–Crippen LogP) is -0.0161. The molecule has 4 N–H and O–H groups in total. The smallest absolute Gasteiger partial charge is 0.317 e. The number of nitrogens with zero attached hydrogens (tertiary/aromatic N) is 1. The standard InChI is InChI=1S/C10H19N3O3/c11-4-5-12-10(16)13-6-2-1-3-8(13)7-9(14)15/h8H,1-7,11H2,(H,12,16)(H,14,15). The van der Waals surface area contributed by atoms with Crippen molar-refractivity contribution in [2.75, 3.05) is 19.6 Å². The minimum atomic E-state index is -0.858. The number of piperidine rings is 1. The van der Waals surface area contributed by atoms with Gasteiger partial charge in [0.05, 0.1) is 6.42 Å². The van der Waals surface area contributed by atoms with Crippen molar-refractivity contribution in [3.05, 3.63) is 0 Å². The second-order valence-electron chi connectivity index (χ2n) is 3.96. The van der Waals surface area contributed by atoms with Crippen molar-refractivity contribution in [3.63, 3.8) is 0 Å². The lowest BCUT2D eigenvalue weighted by molar-refractivity contribution is -0.138. The first-order valence-electron chi connectivity index (χ1n) is 5.61. The number of urea groups is 1. The van der Waals surface area contributed by atoms with Gasteiger partial charge in [-0.25, -0.2) is 4.79 Å². The molecule has 0 aromatic carbocycles. The lowest BCUT2D eigenvalue weighted by Crippen LogP contribution is -2.50. The van der Waals surface area contributed by atoms with Gasteiger partial charge in [0, 0.05) is 25.7 Å². The number of hydrogen-bond acceptors (Lipinski definition) is 3. The molecule has 0 aliphatic carbocycles. The summed E-state index contributed by atoms with van der Waals surface area (Å²) in [6.45, 7) is 1.45. The number of amides is 2. The third-order valence-electron chi connectivity index (χ3n) is 2.72. The normalized spacial score (nSPS) is 20.6. The molecule has 1 rings (SSSR count). The monoisotopic (exact) mass is 229 g/mol. The van der Waals surface area contributed by atoms with E-state index in [0.29, 0.717) is 19.6 Å². The molecule has 6 nitrogen and oxygen atoms in total. The van der Waals surface area contributed by atoms with Gasteiger partial charge < -0.3 is 21.1 Å². The van der Waals surface area contributed by atoms with Crippen molar-refractivity contribution < 1.29 is 14.7 Å². The van der Waals surface area contributed by atoms with E-state index >= 15 is 0 Å². The van der Waals surface area contributed by atoms with Crippen molar-refractivity contribution in [3.8, 4) is 0 Å². The van der Waals surface area contributed by atoms with Crippen molar-refractivity contribution in [2.45, 2.75) is 31.7 Å². The van der Waals surface area contributed by atoms with E-state index in [4.69, 9.17) is 10.8 Å². The van der Waals surface area contributed by atoms with E-state index in [0.717, 1.165) is 19.3 Å². The second kappa shape index (κ2) is 6.32. The van der Waals surface area contributed by atoms with E-state index in [1.165, 1.54) is 0 Å². The molecule has 0 aromatic heterocycles. The number of carboxylic acid groups (broad SMARTS) is 1. The first-order chi connectivity index (χ1) is 7.65. The number of aliphatic carboxylic acids is 1. The van der Waals surface area contributed by atoms with E-state index < -0.39 is 5.97 Å². The third-order valence-corrected chi connectivity index (χ3v) is 2.72. The largest absolute Gasteiger partial charge is 0.481 e. The maximum absolute atomic E-state index is 11.7. The van der Waals surface area contributed by atoms with E-state index in [9.17, 15) is 9.59 Å². The maximum Gasteiger partial charge on any atom is 0.317 e. The van der Waals surface area contributed by atoms with Gasteiger partial charge in [0.15, 0.2) is 0 Å². The summed E-state index contributed by atoms with van der Waals surface area (Å²) in [6.07, 6.45) is 2.71. The highest BCUT2D eigenvalue weighted by Crippen LogP contribution is 2.19. The molecule has 0 saturated carbocycles. The predicted molar refractivity (Wildman–Crippen MR) is 59.1 cm³/mol. The molecule has 1 unspecified atom stereocenters. The van der Waals surface area contributed by atoms with Gasteiger partial charge in [-0.3, -0.25) is 4.79 Å². The van der Waals surface area contributed by atoms with Crippen LogP contribution in [0.1, 0.15) is 25.7 Å². The maximum atomic E-state index is 11.7. The van der Waals surface area contributed by atoms with Crippen LogP contribution >= 0.6 is 0 Å². The fourth-order valence-electron chi connectivity index (χ4n) is 1.96. The molecular weight excluding hydrogens is 210 g/mol. The molecule has 0 spiro atoms.